The predicted octanol–water partition coefficient (Wildman–Crippen LogP) is 3.31. The highest BCUT2D eigenvalue weighted by atomic mass is 35.5. The van der Waals surface area contributed by atoms with Gasteiger partial charge in [0.25, 0.3) is 5.69 Å². The lowest BCUT2D eigenvalue weighted by Crippen LogP contribution is -2.43. The van der Waals surface area contributed by atoms with E-state index in [0.717, 1.165) is 43.9 Å². The second-order valence-corrected chi connectivity index (χ2v) is 6.44. The van der Waals surface area contributed by atoms with Crippen LogP contribution in [0.1, 0.15) is 5.56 Å². The van der Waals surface area contributed by atoms with Crippen LogP contribution in [0.3, 0.4) is 0 Å². The van der Waals surface area contributed by atoms with Crippen molar-refractivity contribution in [1.29, 1.82) is 0 Å². The Hall–Kier alpha value is -2.31. The molecule has 1 aliphatic rings. The van der Waals surface area contributed by atoms with Gasteiger partial charge in [0.2, 0.25) is 0 Å². The first kappa shape index (κ1) is 17.5. The Bertz CT molecular complexity index is 748. The number of rotatable bonds is 6. The fraction of sp³-hybridized carbons (Fsp3) is 0.333. The van der Waals surface area contributed by atoms with E-state index in [1.807, 2.05) is 36.4 Å². The average Bonchev–Trinajstić information content (AvgIpc) is 2.62. The quantitative estimate of drug-likeness (QED) is 0.611. The lowest BCUT2D eigenvalue weighted by Gasteiger charge is -2.29. The average molecular weight is 361 g/mol. The monoisotopic (exact) mass is 360 g/mol. The molecule has 1 saturated heterocycles. The van der Waals surface area contributed by atoms with Crippen molar-refractivity contribution < 1.29 is 4.92 Å². The van der Waals surface area contributed by atoms with Crippen LogP contribution in [0.4, 0.5) is 17.1 Å². The van der Waals surface area contributed by atoms with Gasteiger partial charge < -0.3 is 15.5 Å². The fourth-order valence-corrected chi connectivity index (χ4v) is 3.19. The molecule has 7 heteroatoms. The number of nitro groups is 1. The van der Waals surface area contributed by atoms with E-state index in [4.69, 9.17) is 11.6 Å². The third-order valence-corrected chi connectivity index (χ3v) is 4.51. The lowest BCUT2D eigenvalue weighted by atomic mass is 10.1. The molecule has 1 heterocycles. The predicted molar refractivity (Wildman–Crippen MR) is 102 cm³/mol. The molecule has 2 N–H and O–H groups in total. The summed E-state index contributed by atoms with van der Waals surface area (Å²) >= 11 is 5.99. The summed E-state index contributed by atoms with van der Waals surface area (Å²) in [5.41, 5.74) is 2.77. The van der Waals surface area contributed by atoms with E-state index in [2.05, 4.69) is 15.5 Å². The largest absolute Gasteiger partial charge is 0.379 e. The van der Waals surface area contributed by atoms with Gasteiger partial charge in [0.1, 0.15) is 5.69 Å². The van der Waals surface area contributed by atoms with Gasteiger partial charge >= 0.3 is 0 Å². The van der Waals surface area contributed by atoms with Gasteiger partial charge in [-0.1, -0.05) is 23.7 Å². The molecular formula is C18H21ClN4O2. The third-order valence-electron chi connectivity index (χ3n) is 4.28. The Kier molecular flexibility index (Phi) is 5.73. The van der Waals surface area contributed by atoms with Gasteiger partial charge in [0.15, 0.2) is 0 Å². The molecular weight excluding hydrogens is 340 g/mol. The molecule has 0 aliphatic carbocycles. The van der Waals surface area contributed by atoms with Crippen molar-refractivity contribution in [3.8, 4) is 0 Å². The SMILES string of the molecule is O=[N+]([O-])c1ccc(N2CCNCC2)cc1NCCc1cccc(Cl)c1. The first-order valence-electron chi connectivity index (χ1n) is 8.36. The topological polar surface area (TPSA) is 70.4 Å². The zero-order valence-electron chi connectivity index (χ0n) is 13.9. The van der Waals surface area contributed by atoms with Crippen molar-refractivity contribution in [3.63, 3.8) is 0 Å². The van der Waals surface area contributed by atoms with Crippen molar-refractivity contribution in [2.24, 2.45) is 0 Å². The van der Waals surface area contributed by atoms with Gasteiger partial charge in [-0.25, -0.2) is 0 Å². The summed E-state index contributed by atoms with van der Waals surface area (Å²) in [6, 6.07) is 12.9. The molecule has 0 unspecified atom stereocenters. The molecule has 1 fully saturated rings. The van der Waals surface area contributed by atoms with E-state index in [-0.39, 0.29) is 10.6 Å². The van der Waals surface area contributed by atoms with E-state index >= 15 is 0 Å². The summed E-state index contributed by atoms with van der Waals surface area (Å²) < 4.78 is 0. The molecule has 0 saturated carbocycles. The number of benzene rings is 2. The molecule has 0 bridgehead atoms. The molecule has 132 valence electrons. The summed E-state index contributed by atoms with van der Waals surface area (Å²) in [6.45, 7) is 4.26. The van der Waals surface area contributed by atoms with Gasteiger partial charge in [-0.3, -0.25) is 10.1 Å². The summed E-state index contributed by atoms with van der Waals surface area (Å²) in [5, 5.41) is 18.5. The first-order valence-corrected chi connectivity index (χ1v) is 8.74. The number of hydrogen-bond acceptors (Lipinski definition) is 5. The molecule has 0 aromatic heterocycles. The van der Waals surface area contributed by atoms with Crippen molar-refractivity contribution in [3.05, 3.63) is 63.2 Å². The van der Waals surface area contributed by atoms with Gasteiger partial charge in [-0.05, 0) is 36.2 Å². The minimum atomic E-state index is -0.344. The molecule has 25 heavy (non-hydrogen) atoms. The minimum absolute atomic E-state index is 0.102. The number of nitro benzene ring substituents is 1. The van der Waals surface area contributed by atoms with E-state index in [9.17, 15) is 10.1 Å². The maximum Gasteiger partial charge on any atom is 0.292 e. The highest BCUT2D eigenvalue weighted by molar-refractivity contribution is 6.30. The van der Waals surface area contributed by atoms with Crippen LogP contribution in [0.2, 0.25) is 5.02 Å². The smallest absolute Gasteiger partial charge is 0.292 e. The van der Waals surface area contributed by atoms with E-state index in [0.29, 0.717) is 17.3 Å². The van der Waals surface area contributed by atoms with Crippen molar-refractivity contribution in [2.45, 2.75) is 6.42 Å². The Balaban J connectivity index is 1.72. The summed E-state index contributed by atoms with van der Waals surface area (Å²) in [7, 11) is 0. The number of halogens is 1. The molecule has 0 radical (unpaired) electrons. The maximum atomic E-state index is 11.3. The normalized spacial score (nSPS) is 14.4. The number of nitrogens with zero attached hydrogens (tertiary/aromatic N) is 2. The fourth-order valence-electron chi connectivity index (χ4n) is 2.98. The highest BCUT2D eigenvalue weighted by Gasteiger charge is 2.17. The zero-order chi connectivity index (χ0) is 17.6. The van der Waals surface area contributed by atoms with Gasteiger partial charge in [0.05, 0.1) is 4.92 Å². The number of anilines is 2. The van der Waals surface area contributed by atoms with Crippen LogP contribution in [-0.2, 0) is 6.42 Å². The van der Waals surface area contributed by atoms with E-state index < -0.39 is 0 Å². The Morgan fingerprint density at radius 2 is 2.00 bits per heavy atom. The van der Waals surface area contributed by atoms with Crippen LogP contribution in [-0.4, -0.2) is 37.6 Å². The molecule has 0 atom stereocenters. The molecule has 0 amide bonds. The second kappa shape index (κ2) is 8.18. The Morgan fingerprint density at radius 3 is 2.72 bits per heavy atom. The van der Waals surface area contributed by atoms with Crippen molar-refractivity contribution >= 4 is 28.7 Å². The van der Waals surface area contributed by atoms with Crippen molar-refractivity contribution in [1.82, 2.24) is 5.32 Å². The molecule has 2 aromatic rings. The Morgan fingerprint density at radius 1 is 1.20 bits per heavy atom. The van der Waals surface area contributed by atoms with Crippen LogP contribution in [0.25, 0.3) is 0 Å². The second-order valence-electron chi connectivity index (χ2n) is 6.00. The maximum absolute atomic E-state index is 11.3. The van der Waals surface area contributed by atoms with Gasteiger partial charge in [0, 0.05) is 49.5 Å². The van der Waals surface area contributed by atoms with Crippen LogP contribution in [0.15, 0.2) is 42.5 Å². The van der Waals surface area contributed by atoms with Gasteiger partial charge in [-0.2, -0.15) is 0 Å². The summed E-state index contributed by atoms with van der Waals surface area (Å²) in [5.74, 6) is 0. The summed E-state index contributed by atoms with van der Waals surface area (Å²) in [4.78, 5) is 13.2. The number of piperazine rings is 1. The lowest BCUT2D eigenvalue weighted by molar-refractivity contribution is -0.383. The molecule has 6 nitrogen and oxygen atoms in total. The molecule has 0 spiro atoms. The van der Waals surface area contributed by atoms with Crippen LogP contribution >= 0.6 is 11.6 Å². The molecule has 1 aliphatic heterocycles. The minimum Gasteiger partial charge on any atom is -0.379 e. The van der Waals surface area contributed by atoms with Gasteiger partial charge in [-0.15, -0.1) is 0 Å². The number of nitrogens with one attached hydrogen (secondary N) is 2. The first-order chi connectivity index (χ1) is 12.1. The third kappa shape index (κ3) is 4.61. The zero-order valence-corrected chi connectivity index (χ0v) is 14.6. The molecule has 2 aromatic carbocycles. The number of hydrogen-bond donors (Lipinski definition) is 2. The van der Waals surface area contributed by atoms with E-state index in [1.54, 1.807) is 6.07 Å². The summed E-state index contributed by atoms with van der Waals surface area (Å²) in [6.07, 6.45) is 0.746. The van der Waals surface area contributed by atoms with Crippen molar-refractivity contribution in [2.75, 3.05) is 42.9 Å². The standard InChI is InChI=1S/C18H21ClN4O2/c19-15-3-1-2-14(12-15)6-7-21-17-13-16(4-5-18(17)23(24)25)22-10-8-20-9-11-22/h1-5,12-13,20-21H,6-11H2. The van der Waals surface area contributed by atoms with Crippen LogP contribution in [0.5, 0.6) is 0 Å². The van der Waals surface area contributed by atoms with E-state index in [1.165, 1.54) is 0 Å². The van der Waals surface area contributed by atoms with Crippen LogP contribution < -0.4 is 15.5 Å². The molecule has 3 rings (SSSR count). The Labute approximate surface area is 151 Å². The highest BCUT2D eigenvalue weighted by Crippen LogP contribution is 2.29. The van der Waals surface area contributed by atoms with Crippen LogP contribution in [0, 0.1) is 10.1 Å².